The summed E-state index contributed by atoms with van der Waals surface area (Å²) in [4.78, 5) is 9.04. The molecule has 0 spiro atoms. The Bertz CT molecular complexity index is 1270. The molecular formula is C24H23N5O3. The van der Waals surface area contributed by atoms with E-state index >= 15 is 0 Å². The number of aromatic nitrogens is 4. The number of nitrogens with one attached hydrogen (secondary N) is 2. The summed E-state index contributed by atoms with van der Waals surface area (Å²) in [5.41, 5.74) is 4.48. The summed E-state index contributed by atoms with van der Waals surface area (Å²) < 4.78 is 17.4. The van der Waals surface area contributed by atoms with Crippen molar-refractivity contribution >= 4 is 10.9 Å². The Morgan fingerprint density at radius 1 is 0.969 bits per heavy atom. The fourth-order valence-electron chi connectivity index (χ4n) is 4.22. The molecule has 162 valence electrons. The molecule has 0 saturated carbocycles. The van der Waals surface area contributed by atoms with Crippen LogP contribution in [0.5, 0.6) is 17.4 Å². The lowest BCUT2D eigenvalue weighted by Gasteiger charge is -2.23. The number of fused-ring (bicyclic) bond motifs is 2. The number of piperidine rings is 1. The van der Waals surface area contributed by atoms with Gasteiger partial charge in [0.05, 0.1) is 17.9 Å². The lowest BCUT2D eigenvalue weighted by atomic mass is 10.0. The summed E-state index contributed by atoms with van der Waals surface area (Å²) in [6, 6.07) is 12.2. The number of aromatic amines is 1. The molecule has 6 rings (SSSR count). The summed E-state index contributed by atoms with van der Waals surface area (Å²) in [7, 11) is 0. The van der Waals surface area contributed by atoms with Crippen LogP contribution in [0.25, 0.3) is 33.4 Å². The highest BCUT2D eigenvalue weighted by Crippen LogP contribution is 2.36. The van der Waals surface area contributed by atoms with Crippen LogP contribution in [0.15, 0.2) is 48.8 Å². The first-order valence-electron chi connectivity index (χ1n) is 10.9. The van der Waals surface area contributed by atoms with E-state index in [0.717, 1.165) is 65.2 Å². The second-order valence-electron chi connectivity index (χ2n) is 8.02. The van der Waals surface area contributed by atoms with Crippen molar-refractivity contribution in [3.63, 3.8) is 0 Å². The average molecular weight is 429 g/mol. The molecule has 2 aromatic heterocycles. The van der Waals surface area contributed by atoms with Crippen LogP contribution in [-0.2, 0) is 0 Å². The molecule has 4 aromatic rings. The Labute approximate surface area is 184 Å². The summed E-state index contributed by atoms with van der Waals surface area (Å²) in [5, 5.41) is 12.0. The van der Waals surface area contributed by atoms with Crippen molar-refractivity contribution < 1.29 is 14.2 Å². The molecule has 0 radical (unpaired) electrons. The quantitative estimate of drug-likeness (QED) is 0.512. The van der Waals surface area contributed by atoms with Crippen LogP contribution in [0, 0.1) is 0 Å². The van der Waals surface area contributed by atoms with Crippen molar-refractivity contribution in [3.8, 4) is 39.9 Å². The number of ether oxygens (including phenoxy) is 3. The number of rotatable bonds is 4. The molecule has 8 heteroatoms. The van der Waals surface area contributed by atoms with E-state index in [1.165, 1.54) is 0 Å². The zero-order valence-electron chi connectivity index (χ0n) is 17.5. The Morgan fingerprint density at radius 2 is 1.84 bits per heavy atom. The third-order valence-corrected chi connectivity index (χ3v) is 5.83. The molecule has 4 heterocycles. The molecule has 0 bridgehead atoms. The molecule has 2 aliphatic rings. The molecule has 1 atom stereocenters. The lowest BCUT2D eigenvalue weighted by molar-refractivity contribution is 0.160. The maximum absolute atomic E-state index is 6.05. The minimum Gasteiger partial charge on any atom is -0.486 e. The molecule has 2 aromatic carbocycles. The molecule has 2 aliphatic heterocycles. The minimum atomic E-state index is 0.117. The largest absolute Gasteiger partial charge is 0.486 e. The fraction of sp³-hybridized carbons (Fsp3) is 0.292. The van der Waals surface area contributed by atoms with E-state index in [1.807, 2.05) is 24.3 Å². The SMILES string of the molecule is c1cc2c(cc1-c1ccc3[nH]nc(-c4cncc(OC5CCCNC5)n4)c3c1)OCCO2. The van der Waals surface area contributed by atoms with E-state index in [4.69, 9.17) is 14.2 Å². The Kier molecular flexibility index (Phi) is 4.84. The van der Waals surface area contributed by atoms with Gasteiger partial charge in [-0.3, -0.25) is 10.1 Å². The van der Waals surface area contributed by atoms with Gasteiger partial charge in [0.2, 0.25) is 5.88 Å². The second-order valence-corrected chi connectivity index (χ2v) is 8.02. The number of H-pyrrole nitrogens is 1. The Hall–Kier alpha value is -3.65. The van der Waals surface area contributed by atoms with Gasteiger partial charge in [-0.15, -0.1) is 0 Å². The van der Waals surface area contributed by atoms with Crippen LogP contribution in [0.1, 0.15) is 12.8 Å². The maximum Gasteiger partial charge on any atom is 0.233 e. The second kappa shape index (κ2) is 8.12. The molecule has 8 nitrogen and oxygen atoms in total. The summed E-state index contributed by atoms with van der Waals surface area (Å²) in [6.45, 7) is 3.01. The molecule has 0 amide bonds. The summed E-state index contributed by atoms with van der Waals surface area (Å²) >= 11 is 0. The number of hydrogen-bond donors (Lipinski definition) is 2. The maximum atomic E-state index is 6.05. The molecule has 1 fully saturated rings. The van der Waals surface area contributed by atoms with E-state index in [-0.39, 0.29) is 6.10 Å². The third-order valence-electron chi connectivity index (χ3n) is 5.83. The first-order chi connectivity index (χ1) is 15.8. The summed E-state index contributed by atoms with van der Waals surface area (Å²) in [6.07, 6.45) is 5.62. The first kappa shape index (κ1) is 19.1. The zero-order chi connectivity index (χ0) is 21.3. The van der Waals surface area contributed by atoms with Crippen LogP contribution >= 0.6 is 0 Å². The van der Waals surface area contributed by atoms with Crippen molar-refractivity contribution in [1.82, 2.24) is 25.5 Å². The van der Waals surface area contributed by atoms with Gasteiger partial charge in [-0.05, 0) is 54.8 Å². The smallest absolute Gasteiger partial charge is 0.233 e. The molecular weight excluding hydrogens is 406 g/mol. The molecule has 2 N–H and O–H groups in total. The molecule has 32 heavy (non-hydrogen) atoms. The van der Waals surface area contributed by atoms with E-state index in [2.05, 4.69) is 37.6 Å². The monoisotopic (exact) mass is 429 g/mol. The van der Waals surface area contributed by atoms with Gasteiger partial charge in [-0.25, -0.2) is 4.98 Å². The van der Waals surface area contributed by atoms with Crippen molar-refractivity contribution in [3.05, 3.63) is 48.8 Å². The molecule has 1 saturated heterocycles. The van der Waals surface area contributed by atoms with Crippen LogP contribution in [0.2, 0.25) is 0 Å². The number of benzene rings is 2. The van der Waals surface area contributed by atoms with Crippen molar-refractivity contribution in [2.75, 3.05) is 26.3 Å². The lowest BCUT2D eigenvalue weighted by Crippen LogP contribution is -2.37. The zero-order valence-corrected chi connectivity index (χ0v) is 17.5. The Morgan fingerprint density at radius 3 is 2.75 bits per heavy atom. The van der Waals surface area contributed by atoms with Crippen molar-refractivity contribution in [2.24, 2.45) is 0 Å². The highest BCUT2D eigenvalue weighted by Gasteiger charge is 2.18. The van der Waals surface area contributed by atoms with Crippen molar-refractivity contribution in [2.45, 2.75) is 18.9 Å². The molecule has 1 unspecified atom stereocenters. The average Bonchev–Trinajstić information content (AvgIpc) is 3.28. The first-order valence-corrected chi connectivity index (χ1v) is 10.9. The van der Waals surface area contributed by atoms with Crippen molar-refractivity contribution in [1.29, 1.82) is 0 Å². The van der Waals surface area contributed by atoms with Gasteiger partial charge >= 0.3 is 0 Å². The molecule has 0 aliphatic carbocycles. The highest BCUT2D eigenvalue weighted by atomic mass is 16.6. The highest BCUT2D eigenvalue weighted by molar-refractivity contribution is 5.95. The summed E-state index contributed by atoms with van der Waals surface area (Å²) in [5.74, 6) is 2.08. The van der Waals surface area contributed by atoms with Gasteiger partial charge in [-0.1, -0.05) is 12.1 Å². The van der Waals surface area contributed by atoms with Gasteiger partial charge in [0.15, 0.2) is 11.5 Å². The van der Waals surface area contributed by atoms with Crippen LogP contribution in [0.4, 0.5) is 0 Å². The predicted molar refractivity (Wildman–Crippen MR) is 120 cm³/mol. The van der Waals surface area contributed by atoms with Gasteiger partial charge < -0.3 is 19.5 Å². The predicted octanol–water partition coefficient (Wildman–Crippen LogP) is 3.59. The third kappa shape index (κ3) is 3.62. The van der Waals surface area contributed by atoms with Gasteiger partial charge in [0.25, 0.3) is 0 Å². The number of hydrogen-bond acceptors (Lipinski definition) is 7. The standard InChI is InChI=1S/C24H23N5O3/c1-2-17(12-25-7-1)32-23-14-26-13-20(27-23)24-18-10-15(3-5-19(18)28-29-24)16-4-6-21-22(11-16)31-9-8-30-21/h3-6,10-11,13-14,17,25H,1-2,7-9,12H2,(H,28,29). The van der Waals surface area contributed by atoms with E-state index in [9.17, 15) is 0 Å². The van der Waals surface area contributed by atoms with Crippen LogP contribution in [-0.4, -0.2) is 52.6 Å². The minimum absolute atomic E-state index is 0.117. The normalized spacial score (nSPS) is 17.9. The van der Waals surface area contributed by atoms with Gasteiger partial charge in [-0.2, -0.15) is 5.10 Å². The topological polar surface area (TPSA) is 94.2 Å². The number of nitrogens with zero attached hydrogens (tertiary/aromatic N) is 3. The Balaban J connectivity index is 1.34. The van der Waals surface area contributed by atoms with Crippen LogP contribution < -0.4 is 19.5 Å². The van der Waals surface area contributed by atoms with Gasteiger partial charge in [0, 0.05) is 11.9 Å². The van der Waals surface area contributed by atoms with Gasteiger partial charge in [0.1, 0.15) is 30.7 Å². The van der Waals surface area contributed by atoms with Crippen LogP contribution in [0.3, 0.4) is 0 Å². The van der Waals surface area contributed by atoms with E-state index < -0.39 is 0 Å². The van der Waals surface area contributed by atoms with E-state index in [0.29, 0.717) is 24.8 Å². The van der Waals surface area contributed by atoms with E-state index in [1.54, 1.807) is 12.4 Å². The fourth-order valence-corrected chi connectivity index (χ4v) is 4.22.